The highest BCUT2D eigenvalue weighted by atomic mass is 16.1. The van der Waals surface area contributed by atoms with E-state index in [2.05, 4.69) is 36.3 Å². The molecule has 1 heterocycles. The average Bonchev–Trinajstić information content (AvgIpc) is 2.42. The Hall–Kier alpha value is -1.35. The third-order valence-electron chi connectivity index (χ3n) is 3.96. The number of benzene rings is 1. The summed E-state index contributed by atoms with van der Waals surface area (Å²) in [7, 11) is 2.14. The summed E-state index contributed by atoms with van der Waals surface area (Å²) >= 11 is 0. The van der Waals surface area contributed by atoms with Gasteiger partial charge in [0.2, 0.25) is 5.91 Å². The molecule has 0 spiro atoms. The lowest BCUT2D eigenvalue weighted by Gasteiger charge is -2.28. The van der Waals surface area contributed by atoms with E-state index in [0.29, 0.717) is 12.3 Å². The van der Waals surface area contributed by atoms with Crippen LogP contribution in [-0.2, 0) is 11.2 Å². The summed E-state index contributed by atoms with van der Waals surface area (Å²) in [5, 5.41) is 3.00. The number of amides is 1. The van der Waals surface area contributed by atoms with Gasteiger partial charge in [0.05, 0.1) is 0 Å². The Balaban J connectivity index is 1.80. The van der Waals surface area contributed by atoms with Crippen molar-refractivity contribution in [3.8, 4) is 0 Å². The summed E-state index contributed by atoms with van der Waals surface area (Å²) in [6.07, 6.45) is 3.96. The first kappa shape index (κ1) is 14.1. The van der Waals surface area contributed by atoms with Crippen molar-refractivity contribution in [1.82, 2.24) is 4.90 Å². The minimum atomic E-state index is 0.152. The van der Waals surface area contributed by atoms with Gasteiger partial charge in [-0.25, -0.2) is 0 Å². The minimum Gasteiger partial charge on any atom is -0.326 e. The van der Waals surface area contributed by atoms with E-state index in [1.54, 1.807) is 0 Å². The SMILES string of the molecule is CCc1ccc(NC(=O)CC2CCN(C)CC2)cc1. The molecule has 0 saturated carbocycles. The average molecular weight is 260 g/mol. The van der Waals surface area contributed by atoms with Crippen LogP contribution in [0.5, 0.6) is 0 Å². The molecule has 1 aliphatic rings. The molecule has 3 nitrogen and oxygen atoms in total. The molecule has 1 aromatic carbocycles. The van der Waals surface area contributed by atoms with Gasteiger partial charge in [-0.15, -0.1) is 0 Å². The molecule has 3 heteroatoms. The van der Waals surface area contributed by atoms with Gasteiger partial charge in [-0.2, -0.15) is 0 Å². The smallest absolute Gasteiger partial charge is 0.224 e. The zero-order valence-corrected chi connectivity index (χ0v) is 12.0. The first-order chi connectivity index (χ1) is 9.17. The van der Waals surface area contributed by atoms with Gasteiger partial charge in [-0.3, -0.25) is 4.79 Å². The fourth-order valence-electron chi connectivity index (χ4n) is 2.56. The number of aryl methyl sites for hydroxylation is 1. The Morgan fingerprint density at radius 2 is 1.89 bits per heavy atom. The summed E-state index contributed by atoms with van der Waals surface area (Å²) in [6.45, 7) is 4.36. The van der Waals surface area contributed by atoms with Crippen LogP contribution < -0.4 is 5.32 Å². The largest absolute Gasteiger partial charge is 0.326 e. The maximum Gasteiger partial charge on any atom is 0.224 e. The maximum absolute atomic E-state index is 12.0. The molecule has 1 amide bonds. The first-order valence-corrected chi connectivity index (χ1v) is 7.24. The molecule has 0 bridgehead atoms. The molecule has 104 valence electrons. The zero-order chi connectivity index (χ0) is 13.7. The Morgan fingerprint density at radius 3 is 2.47 bits per heavy atom. The van der Waals surface area contributed by atoms with Crippen molar-refractivity contribution in [2.75, 3.05) is 25.5 Å². The fourth-order valence-corrected chi connectivity index (χ4v) is 2.56. The predicted molar refractivity (Wildman–Crippen MR) is 79.3 cm³/mol. The molecule has 2 rings (SSSR count). The zero-order valence-electron chi connectivity index (χ0n) is 12.0. The quantitative estimate of drug-likeness (QED) is 0.902. The summed E-state index contributed by atoms with van der Waals surface area (Å²) in [6, 6.07) is 8.13. The van der Waals surface area contributed by atoms with E-state index in [4.69, 9.17) is 0 Å². The molecular formula is C16H24N2O. The second-order valence-corrected chi connectivity index (χ2v) is 5.55. The molecule has 0 aliphatic carbocycles. The van der Waals surface area contributed by atoms with Crippen LogP contribution in [0.3, 0.4) is 0 Å². The molecule has 0 unspecified atom stereocenters. The summed E-state index contributed by atoms with van der Waals surface area (Å²) in [5.74, 6) is 0.699. The van der Waals surface area contributed by atoms with E-state index in [1.807, 2.05) is 12.1 Å². The second-order valence-electron chi connectivity index (χ2n) is 5.55. The molecule has 19 heavy (non-hydrogen) atoms. The number of carbonyl (C=O) groups excluding carboxylic acids is 1. The molecule has 1 aromatic rings. The van der Waals surface area contributed by atoms with Crippen molar-refractivity contribution in [3.63, 3.8) is 0 Å². The van der Waals surface area contributed by atoms with Gasteiger partial charge >= 0.3 is 0 Å². The molecule has 1 saturated heterocycles. The van der Waals surface area contributed by atoms with Gasteiger partial charge in [-0.1, -0.05) is 19.1 Å². The molecule has 0 atom stereocenters. The molecular weight excluding hydrogens is 236 g/mol. The number of nitrogens with one attached hydrogen (secondary N) is 1. The third-order valence-corrected chi connectivity index (χ3v) is 3.96. The number of hydrogen-bond donors (Lipinski definition) is 1. The van der Waals surface area contributed by atoms with E-state index < -0.39 is 0 Å². The lowest BCUT2D eigenvalue weighted by molar-refractivity contribution is -0.117. The van der Waals surface area contributed by atoms with Gasteiger partial charge in [0.25, 0.3) is 0 Å². The molecule has 1 fully saturated rings. The maximum atomic E-state index is 12.0. The van der Waals surface area contributed by atoms with Crippen LogP contribution in [0.25, 0.3) is 0 Å². The topological polar surface area (TPSA) is 32.3 Å². The van der Waals surface area contributed by atoms with Crippen molar-refractivity contribution < 1.29 is 4.79 Å². The lowest BCUT2D eigenvalue weighted by atomic mass is 9.93. The highest BCUT2D eigenvalue weighted by Gasteiger charge is 2.19. The number of nitrogens with zero attached hydrogens (tertiary/aromatic N) is 1. The number of carbonyl (C=O) groups is 1. The van der Waals surface area contributed by atoms with Crippen molar-refractivity contribution in [2.24, 2.45) is 5.92 Å². The van der Waals surface area contributed by atoms with E-state index in [-0.39, 0.29) is 5.91 Å². The normalized spacial score (nSPS) is 17.4. The van der Waals surface area contributed by atoms with E-state index >= 15 is 0 Å². The molecule has 0 radical (unpaired) electrons. The summed E-state index contributed by atoms with van der Waals surface area (Å²) < 4.78 is 0. The lowest BCUT2D eigenvalue weighted by Crippen LogP contribution is -2.31. The standard InChI is InChI=1S/C16H24N2O/c1-3-13-4-6-15(7-5-13)17-16(19)12-14-8-10-18(2)11-9-14/h4-7,14H,3,8-12H2,1-2H3,(H,17,19). The number of rotatable bonds is 4. The Labute approximate surface area is 116 Å². The van der Waals surface area contributed by atoms with Gasteiger partial charge in [-0.05, 0) is 63.0 Å². The Bertz CT molecular complexity index is 405. The minimum absolute atomic E-state index is 0.152. The highest BCUT2D eigenvalue weighted by Crippen LogP contribution is 2.20. The van der Waals surface area contributed by atoms with Crippen molar-refractivity contribution in [3.05, 3.63) is 29.8 Å². The summed E-state index contributed by atoms with van der Waals surface area (Å²) in [4.78, 5) is 14.3. The van der Waals surface area contributed by atoms with E-state index in [1.165, 1.54) is 5.56 Å². The molecule has 0 aromatic heterocycles. The van der Waals surface area contributed by atoms with Crippen LogP contribution in [0.2, 0.25) is 0 Å². The number of hydrogen-bond acceptors (Lipinski definition) is 2. The van der Waals surface area contributed by atoms with Gasteiger partial charge in [0.15, 0.2) is 0 Å². The monoisotopic (exact) mass is 260 g/mol. The van der Waals surface area contributed by atoms with Crippen LogP contribution >= 0.6 is 0 Å². The Morgan fingerprint density at radius 1 is 1.26 bits per heavy atom. The van der Waals surface area contributed by atoms with Crippen molar-refractivity contribution in [2.45, 2.75) is 32.6 Å². The van der Waals surface area contributed by atoms with Gasteiger partial charge < -0.3 is 10.2 Å². The van der Waals surface area contributed by atoms with Crippen LogP contribution in [0.15, 0.2) is 24.3 Å². The van der Waals surface area contributed by atoms with Crippen molar-refractivity contribution in [1.29, 1.82) is 0 Å². The number of anilines is 1. The molecule has 1 N–H and O–H groups in total. The van der Waals surface area contributed by atoms with Crippen LogP contribution in [0.1, 0.15) is 31.7 Å². The first-order valence-electron chi connectivity index (χ1n) is 7.24. The predicted octanol–water partition coefficient (Wildman–Crippen LogP) is 2.92. The summed E-state index contributed by atoms with van der Waals surface area (Å²) in [5.41, 5.74) is 2.21. The number of likely N-dealkylation sites (tertiary alicyclic amines) is 1. The van der Waals surface area contributed by atoms with Crippen molar-refractivity contribution >= 4 is 11.6 Å². The number of piperidine rings is 1. The van der Waals surface area contributed by atoms with Crippen LogP contribution in [-0.4, -0.2) is 30.9 Å². The highest BCUT2D eigenvalue weighted by molar-refractivity contribution is 5.90. The molecule has 1 aliphatic heterocycles. The van der Waals surface area contributed by atoms with Gasteiger partial charge in [0, 0.05) is 12.1 Å². The fraction of sp³-hybridized carbons (Fsp3) is 0.562. The second kappa shape index (κ2) is 6.71. The Kier molecular flexibility index (Phi) is 4.97. The van der Waals surface area contributed by atoms with E-state index in [0.717, 1.165) is 38.0 Å². The van der Waals surface area contributed by atoms with Gasteiger partial charge in [0.1, 0.15) is 0 Å². The van der Waals surface area contributed by atoms with Crippen LogP contribution in [0, 0.1) is 5.92 Å². The third kappa shape index (κ3) is 4.35. The van der Waals surface area contributed by atoms with E-state index in [9.17, 15) is 4.79 Å². The van der Waals surface area contributed by atoms with Crippen LogP contribution in [0.4, 0.5) is 5.69 Å².